The van der Waals surface area contributed by atoms with Crippen molar-refractivity contribution in [2.45, 2.75) is 77.1 Å². The summed E-state index contributed by atoms with van der Waals surface area (Å²) < 4.78 is 18.9. The van der Waals surface area contributed by atoms with Crippen LogP contribution in [0.25, 0.3) is 0 Å². The number of unbranched alkanes of at least 4 members (excludes halogenated alkanes) is 2. The van der Waals surface area contributed by atoms with E-state index in [1.165, 1.54) is 0 Å². The second-order valence-corrected chi connectivity index (χ2v) is 8.93. The fraction of sp³-hybridized carbons (Fsp3) is 0.571. The molecule has 1 aliphatic heterocycles. The van der Waals surface area contributed by atoms with E-state index < -0.39 is 6.10 Å². The Labute approximate surface area is 199 Å². The van der Waals surface area contributed by atoms with Crippen LogP contribution in [-0.4, -0.2) is 60.7 Å². The van der Waals surface area contributed by atoms with E-state index >= 15 is 0 Å². The number of hydrogen-bond acceptors (Lipinski definition) is 5. The van der Waals surface area contributed by atoms with E-state index in [1.807, 2.05) is 36.4 Å². The Bertz CT molecular complexity index is 757. The van der Waals surface area contributed by atoms with Gasteiger partial charge in [-0.25, -0.2) is 0 Å². The summed E-state index contributed by atoms with van der Waals surface area (Å²) in [6.07, 6.45) is 3.03. The third-order valence-corrected chi connectivity index (χ3v) is 6.27. The Morgan fingerprint density at radius 3 is 2.09 bits per heavy atom. The summed E-state index contributed by atoms with van der Waals surface area (Å²) >= 11 is 0. The van der Waals surface area contributed by atoms with Gasteiger partial charge in [0, 0.05) is 13.2 Å². The van der Waals surface area contributed by atoms with E-state index in [4.69, 9.17) is 14.2 Å². The molecule has 1 heterocycles. The zero-order valence-corrected chi connectivity index (χ0v) is 20.3. The number of likely N-dealkylation sites (tertiary alicyclic amines) is 1. The predicted octanol–water partition coefficient (Wildman–Crippen LogP) is 4.82. The molecule has 0 saturated carbocycles. The SMILES string of the molecule is CCCCO[C@H]1[C@H](OCc2ccccc2)[C@H](O)CN(CCCC)[C@@H]1COCc1ccccc1. The Morgan fingerprint density at radius 2 is 1.45 bits per heavy atom. The molecule has 2 aromatic carbocycles. The van der Waals surface area contributed by atoms with Crippen molar-refractivity contribution >= 4 is 0 Å². The summed E-state index contributed by atoms with van der Waals surface area (Å²) in [6.45, 7) is 8.10. The number of benzene rings is 2. The highest BCUT2D eigenvalue weighted by Crippen LogP contribution is 2.26. The number of piperidine rings is 1. The lowest BCUT2D eigenvalue weighted by atomic mass is 9.93. The lowest BCUT2D eigenvalue weighted by Crippen LogP contribution is -2.64. The fourth-order valence-electron chi connectivity index (χ4n) is 4.36. The molecule has 0 amide bonds. The Morgan fingerprint density at radius 1 is 0.818 bits per heavy atom. The van der Waals surface area contributed by atoms with Gasteiger partial charge in [0.05, 0.1) is 32.0 Å². The molecule has 1 fully saturated rings. The molecule has 0 unspecified atom stereocenters. The molecule has 5 nitrogen and oxygen atoms in total. The Balaban J connectivity index is 1.72. The molecule has 0 aliphatic carbocycles. The average molecular weight is 456 g/mol. The molecule has 0 spiro atoms. The van der Waals surface area contributed by atoms with Crippen LogP contribution < -0.4 is 0 Å². The largest absolute Gasteiger partial charge is 0.389 e. The third kappa shape index (κ3) is 8.20. The minimum atomic E-state index is -0.595. The van der Waals surface area contributed by atoms with Gasteiger partial charge >= 0.3 is 0 Å². The average Bonchev–Trinajstić information content (AvgIpc) is 2.85. The van der Waals surface area contributed by atoms with Gasteiger partial charge in [0.15, 0.2) is 0 Å². The third-order valence-electron chi connectivity index (χ3n) is 6.27. The molecule has 1 aliphatic rings. The molecule has 1 saturated heterocycles. The summed E-state index contributed by atoms with van der Waals surface area (Å²) in [5, 5.41) is 11.1. The van der Waals surface area contributed by atoms with Gasteiger partial charge in [-0.3, -0.25) is 4.90 Å². The van der Waals surface area contributed by atoms with Crippen LogP contribution in [0.5, 0.6) is 0 Å². The van der Waals surface area contributed by atoms with Gasteiger partial charge < -0.3 is 19.3 Å². The molecule has 3 rings (SSSR count). The molecule has 2 aromatic rings. The molecule has 0 radical (unpaired) electrons. The van der Waals surface area contributed by atoms with E-state index in [1.54, 1.807) is 0 Å². The second kappa shape index (κ2) is 14.5. The van der Waals surface area contributed by atoms with Gasteiger partial charge in [0.25, 0.3) is 0 Å². The van der Waals surface area contributed by atoms with E-state index in [-0.39, 0.29) is 18.2 Å². The number of rotatable bonds is 14. The monoisotopic (exact) mass is 455 g/mol. The minimum Gasteiger partial charge on any atom is -0.389 e. The lowest BCUT2D eigenvalue weighted by molar-refractivity contribution is -0.193. The Hall–Kier alpha value is -1.76. The van der Waals surface area contributed by atoms with Crippen LogP contribution in [-0.2, 0) is 27.4 Å². The first kappa shape index (κ1) is 25.9. The van der Waals surface area contributed by atoms with Crippen LogP contribution in [0.1, 0.15) is 50.7 Å². The minimum absolute atomic E-state index is 0.0429. The number of aliphatic hydroxyl groups excluding tert-OH is 1. The molecule has 1 N–H and O–H groups in total. The molecular formula is C28H41NO4. The van der Waals surface area contributed by atoms with Gasteiger partial charge in [-0.1, -0.05) is 87.4 Å². The highest BCUT2D eigenvalue weighted by Gasteiger charge is 2.44. The normalized spacial score (nSPS) is 23.6. The summed E-state index contributed by atoms with van der Waals surface area (Å²) in [4.78, 5) is 2.35. The van der Waals surface area contributed by atoms with Gasteiger partial charge in [-0.15, -0.1) is 0 Å². The van der Waals surface area contributed by atoms with Crippen molar-refractivity contribution in [2.75, 3.05) is 26.3 Å². The maximum Gasteiger partial charge on any atom is 0.113 e. The van der Waals surface area contributed by atoms with Crippen LogP contribution in [0.2, 0.25) is 0 Å². The molecule has 182 valence electrons. The molecule has 4 atom stereocenters. The van der Waals surface area contributed by atoms with E-state index in [9.17, 15) is 5.11 Å². The number of ether oxygens (including phenoxy) is 3. The van der Waals surface area contributed by atoms with Crippen molar-refractivity contribution < 1.29 is 19.3 Å². The van der Waals surface area contributed by atoms with Gasteiger partial charge in [-0.2, -0.15) is 0 Å². The highest BCUT2D eigenvalue weighted by atomic mass is 16.6. The van der Waals surface area contributed by atoms with Crippen LogP contribution in [0.15, 0.2) is 60.7 Å². The van der Waals surface area contributed by atoms with Crippen molar-refractivity contribution in [3.8, 4) is 0 Å². The van der Waals surface area contributed by atoms with E-state index in [0.29, 0.717) is 33.0 Å². The predicted molar refractivity (Wildman–Crippen MR) is 132 cm³/mol. The maximum absolute atomic E-state index is 11.1. The quantitative estimate of drug-likeness (QED) is 0.414. The van der Waals surface area contributed by atoms with E-state index in [0.717, 1.165) is 43.4 Å². The molecule has 5 heteroatoms. The standard InChI is InChI=1S/C28H41NO4/c1-3-5-17-29-19-26(30)28(33-21-24-15-11-8-12-16-24)27(32-18-6-4-2)25(29)22-31-20-23-13-9-7-10-14-23/h7-16,25-28,30H,3-6,17-22H2,1-2H3/t25-,26-,27-,28-/m1/s1. The van der Waals surface area contributed by atoms with Crippen molar-refractivity contribution in [1.29, 1.82) is 0 Å². The first-order chi connectivity index (χ1) is 16.2. The number of aliphatic hydroxyl groups is 1. The van der Waals surface area contributed by atoms with Gasteiger partial charge in [0.2, 0.25) is 0 Å². The molecule has 0 aromatic heterocycles. The van der Waals surface area contributed by atoms with Crippen molar-refractivity contribution in [1.82, 2.24) is 4.90 Å². The van der Waals surface area contributed by atoms with E-state index in [2.05, 4.69) is 43.0 Å². The highest BCUT2D eigenvalue weighted by molar-refractivity contribution is 5.14. The second-order valence-electron chi connectivity index (χ2n) is 8.93. The molecule has 33 heavy (non-hydrogen) atoms. The molecular weight excluding hydrogens is 414 g/mol. The number of hydrogen-bond donors (Lipinski definition) is 1. The summed E-state index contributed by atoms with van der Waals surface area (Å²) in [7, 11) is 0. The number of nitrogens with zero attached hydrogens (tertiary/aromatic N) is 1. The van der Waals surface area contributed by atoms with Crippen LogP contribution in [0.4, 0.5) is 0 Å². The summed E-state index contributed by atoms with van der Waals surface area (Å²) in [6, 6.07) is 20.4. The smallest absolute Gasteiger partial charge is 0.113 e. The zero-order chi connectivity index (χ0) is 23.3. The number of β-amino-alcohol motifs (C(OH)–C–C–N with tert-alkyl or cyclic N) is 1. The Kier molecular flexibility index (Phi) is 11.4. The van der Waals surface area contributed by atoms with Crippen LogP contribution in [0.3, 0.4) is 0 Å². The topological polar surface area (TPSA) is 51.2 Å². The fourth-order valence-corrected chi connectivity index (χ4v) is 4.36. The lowest BCUT2D eigenvalue weighted by Gasteiger charge is -2.47. The first-order valence-electron chi connectivity index (χ1n) is 12.5. The summed E-state index contributed by atoms with van der Waals surface area (Å²) in [5.41, 5.74) is 2.26. The van der Waals surface area contributed by atoms with Crippen LogP contribution >= 0.6 is 0 Å². The maximum atomic E-state index is 11.1. The zero-order valence-electron chi connectivity index (χ0n) is 20.3. The van der Waals surface area contributed by atoms with Gasteiger partial charge in [-0.05, 0) is 30.5 Å². The van der Waals surface area contributed by atoms with Crippen molar-refractivity contribution in [3.05, 3.63) is 71.8 Å². The summed E-state index contributed by atoms with van der Waals surface area (Å²) in [5.74, 6) is 0. The van der Waals surface area contributed by atoms with Crippen LogP contribution in [0, 0.1) is 0 Å². The van der Waals surface area contributed by atoms with Crippen molar-refractivity contribution in [3.63, 3.8) is 0 Å². The first-order valence-corrected chi connectivity index (χ1v) is 12.5. The molecule has 0 bridgehead atoms. The van der Waals surface area contributed by atoms with Crippen molar-refractivity contribution in [2.24, 2.45) is 0 Å². The van der Waals surface area contributed by atoms with Gasteiger partial charge in [0.1, 0.15) is 12.2 Å².